The summed E-state index contributed by atoms with van der Waals surface area (Å²) in [7, 11) is 0. The van der Waals surface area contributed by atoms with Crippen LogP contribution in [0, 0.1) is 6.92 Å². The van der Waals surface area contributed by atoms with E-state index in [0.29, 0.717) is 12.2 Å². The first-order chi connectivity index (χ1) is 11.2. The van der Waals surface area contributed by atoms with Crippen molar-refractivity contribution >= 4 is 28.2 Å². The molecule has 0 saturated carbocycles. The number of hydrogen-bond donors (Lipinski definition) is 1. The lowest BCUT2D eigenvalue weighted by molar-refractivity contribution is 0.0526. The van der Waals surface area contributed by atoms with E-state index in [-0.39, 0.29) is 5.97 Å². The molecule has 0 spiro atoms. The normalized spacial score (nSPS) is 10.5. The fourth-order valence-corrected chi connectivity index (χ4v) is 2.48. The standard InChI is InChI=1S/C19H18N2O2/c1-3-23-19(22)14-9-10-17-16(12-14)18(11-13(2)20-17)21-15-7-5-4-6-8-15/h4-12H,3H2,1-2H3,(H,20,21). The number of pyridine rings is 1. The molecule has 23 heavy (non-hydrogen) atoms. The van der Waals surface area contributed by atoms with Gasteiger partial charge in [-0.3, -0.25) is 4.98 Å². The lowest BCUT2D eigenvalue weighted by Gasteiger charge is -2.12. The van der Waals surface area contributed by atoms with Gasteiger partial charge in [0.2, 0.25) is 0 Å². The largest absolute Gasteiger partial charge is 0.462 e. The third-order valence-electron chi connectivity index (χ3n) is 3.50. The van der Waals surface area contributed by atoms with E-state index in [4.69, 9.17) is 4.74 Å². The summed E-state index contributed by atoms with van der Waals surface area (Å²) in [6, 6.07) is 17.3. The predicted molar refractivity (Wildman–Crippen MR) is 92.2 cm³/mol. The van der Waals surface area contributed by atoms with Crippen LogP contribution in [0.3, 0.4) is 0 Å². The average Bonchev–Trinajstić information content (AvgIpc) is 2.55. The molecule has 4 heteroatoms. The molecule has 0 aliphatic rings. The minimum atomic E-state index is -0.319. The van der Waals surface area contributed by atoms with E-state index in [0.717, 1.165) is 28.0 Å². The molecule has 0 aliphatic carbocycles. The van der Waals surface area contributed by atoms with Crippen LogP contribution in [-0.4, -0.2) is 17.6 Å². The minimum absolute atomic E-state index is 0.319. The van der Waals surface area contributed by atoms with E-state index in [1.54, 1.807) is 13.0 Å². The number of benzene rings is 2. The van der Waals surface area contributed by atoms with Crippen molar-refractivity contribution in [3.63, 3.8) is 0 Å². The van der Waals surface area contributed by atoms with Gasteiger partial charge in [0.05, 0.1) is 17.7 Å². The van der Waals surface area contributed by atoms with Crippen LogP contribution >= 0.6 is 0 Å². The number of hydrogen-bond acceptors (Lipinski definition) is 4. The Bertz CT molecular complexity index is 845. The highest BCUT2D eigenvalue weighted by Crippen LogP contribution is 2.27. The second-order valence-corrected chi connectivity index (χ2v) is 5.25. The maximum absolute atomic E-state index is 12.0. The number of carbonyl (C=O) groups is 1. The van der Waals surface area contributed by atoms with Crippen molar-refractivity contribution in [1.29, 1.82) is 0 Å². The molecule has 0 unspecified atom stereocenters. The smallest absolute Gasteiger partial charge is 0.338 e. The van der Waals surface area contributed by atoms with Crippen molar-refractivity contribution in [3.05, 3.63) is 65.9 Å². The van der Waals surface area contributed by atoms with E-state index < -0.39 is 0 Å². The van der Waals surface area contributed by atoms with Crippen LogP contribution in [0.2, 0.25) is 0 Å². The van der Waals surface area contributed by atoms with Crippen molar-refractivity contribution in [2.24, 2.45) is 0 Å². The second-order valence-electron chi connectivity index (χ2n) is 5.25. The number of nitrogens with zero attached hydrogens (tertiary/aromatic N) is 1. The van der Waals surface area contributed by atoms with Crippen molar-refractivity contribution in [2.45, 2.75) is 13.8 Å². The molecule has 116 valence electrons. The lowest BCUT2D eigenvalue weighted by atomic mass is 10.1. The van der Waals surface area contributed by atoms with Crippen LogP contribution in [-0.2, 0) is 4.74 Å². The van der Waals surface area contributed by atoms with Gasteiger partial charge in [-0.25, -0.2) is 4.79 Å². The number of aryl methyl sites for hydroxylation is 1. The number of fused-ring (bicyclic) bond motifs is 1. The second kappa shape index (κ2) is 6.48. The van der Waals surface area contributed by atoms with E-state index >= 15 is 0 Å². The number of carbonyl (C=O) groups excluding carboxylic acids is 1. The van der Waals surface area contributed by atoms with Gasteiger partial charge in [-0.15, -0.1) is 0 Å². The molecule has 0 aliphatic heterocycles. The van der Waals surface area contributed by atoms with Crippen LogP contribution in [0.4, 0.5) is 11.4 Å². The molecule has 3 rings (SSSR count). The zero-order valence-electron chi connectivity index (χ0n) is 13.2. The lowest BCUT2D eigenvalue weighted by Crippen LogP contribution is -2.05. The van der Waals surface area contributed by atoms with Gasteiger partial charge in [-0.2, -0.15) is 0 Å². The van der Waals surface area contributed by atoms with Gasteiger partial charge >= 0.3 is 5.97 Å². The highest BCUT2D eigenvalue weighted by atomic mass is 16.5. The zero-order valence-corrected chi connectivity index (χ0v) is 13.2. The summed E-state index contributed by atoms with van der Waals surface area (Å²) in [6.07, 6.45) is 0. The monoisotopic (exact) mass is 306 g/mol. The Morgan fingerprint density at radius 2 is 1.91 bits per heavy atom. The van der Waals surface area contributed by atoms with Crippen molar-refractivity contribution in [3.8, 4) is 0 Å². The SMILES string of the molecule is CCOC(=O)c1ccc2nc(C)cc(Nc3ccccc3)c2c1. The van der Waals surface area contributed by atoms with E-state index in [1.165, 1.54) is 0 Å². The maximum Gasteiger partial charge on any atom is 0.338 e. The van der Waals surface area contributed by atoms with Crippen LogP contribution in [0.25, 0.3) is 10.9 Å². The molecule has 4 nitrogen and oxygen atoms in total. The van der Waals surface area contributed by atoms with E-state index in [1.807, 2.05) is 55.5 Å². The highest BCUT2D eigenvalue weighted by molar-refractivity contribution is 5.99. The highest BCUT2D eigenvalue weighted by Gasteiger charge is 2.11. The third kappa shape index (κ3) is 3.31. The van der Waals surface area contributed by atoms with Crippen LogP contribution in [0.1, 0.15) is 23.0 Å². The molecule has 3 aromatic rings. The number of para-hydroxylation sites is 1. The minimum Gasteiger partial charge on any atom is -0.462 e. The number of aromatic nitrogens is 1. The molecule has 0 fully saturated rings. The molecule has 1 aromatic heterocycles. The molecule has 0 bridgehead atoms. The molecule has 1 heterocycles. The Morgan fingerprint density at radius 1 is 1.13 bits per heavy atom. The molecule has 0 radical (unpaired) electrons. The zero-order chi connectivity index (χ0) is 16.2. The first-order valence-electron chi connectivity index (χ1n) is 7.58. The number of ether oxygens (including phenoxy) is 1. The van der Waals surface area contributed by atoms with Crippen molar-refractivity contribution in [1.82, 2.24) is 4.98 Å². The van der Waals surface area contributed by atoms with Crippen LogP contribution in [0.15, 0.2) is 54.6 Å². The average molecular weight is 306 g/mol. The first-order valence-corrected chi connectivity index (χ1v) is 7.58. The maximum atomic E-state index is 12.0. The fourth-order valence-electron chi connectivity index (χ4n) is 2.48. The van der Waals surface area contributed by atoms with E-state index in [9.17, 15) is 4.79 Å². The van der Waals surface area contributed by atoms with Gasteiger partial charge in [0.25, 0.3) is 0 Å². The summed E-state index contributed by atoms with van der Waals surface area (Å²) in [5.41, 5.74) is 4.20. The summed E-state index contributed by atoms with van der Waals surface area (Å²) in [4.78, 5) is 16.5. The topological polar surface area (TPSA) is 51.2 Å². The van der Waals surface area contributed by atoms with Crippen molar-refractivity contribution in [2.75, 3.05) is 11.9 Å². The summed E-state index contributed by atoms with van der Waals surface area (Å²) in [6.45, 7) is 4.11. The number of esters is 1. The van der Waals surface area contributed by atoms with Gasteiger partial charge in [-0.05, 0) is 50.2 Å². The van der Waals surface area contributed by atoms with Crippen LogP contribution in [0.5, 0.6) is 0 Å². The Balaban J connectivity index is 2.07. The fraction of sp³-hybridized carbons (Fsp3) is 0.158. The Kier molecular flexibility index (Phi) is 4.24. The Morgan fingerprint density at radius 3 is 2.65 bits per heavy atom. The Hall–Kier alpha value is -2.88. The molecule has 1 N–H and O–H groups in total. The first kappa shape index (κ1) is 15.0. The third-order valence-corrected chi connectivity index (χ3v) is 3.50. The van der Waals surface area contributed by atoms with Gasteiger partial charge in [0.1, 0.15) is 0 Å². The van der Waals surface area contributed by atoms with Gasteiger partial charge < -0.3 is 10.1 Å². The number of anilines is 2. The van der Waals surface area contributed by atoms with E-state index in [2.05, 4.69) is 10.3 Å². The van der Waals surface area contributed by atoms with Gasteiger partial charge in [0.15, 0.2) is 0 Å². The molecule has 2 aromatic carbocycles. The summed E-state index contributed by atoms with van der Waals surface area (Å²) in [5, 5.41) is 4.29. The molecular formula is C19H18N2O2. The summed E-state index contributed by atoms with van der Waals surface area (Å²) in [5.74, 6) is -0.319. The molecule has 0 saturated heterocycles. The number of nitrogens with one attached hydrogen (secondary N) is 1. The predicted octanol–water partition coefficient (Wildman–Crippen LogP) is 4.46. The quantitative estimate of drug-likeness (QED) is 0.723. The molecule has 0 amide bonds. The van der Waals surface area contributed by atoms with Crippen molar-refractivity contribution < 1.29 is 9.53 Å². The molecule has 0 atom stereocenters. The molecular weight excluding hydrogens is 288 g/mol. The van der Waals surface area contributed by atoms with Gasteiger partial charge in [-0.1, -0.05) is 18.2 Å². The summed E-state index contributed by atoms with van der Waals surface area (Å²) >= 11 is 0. The number of rotatable bonds is 4. The Labute approximate surface area is 135 Å². The summed E-state index contributed by atoms with van der Waals surface area (Å²) < 4.78 is 5.08. The van der Waals surface area contributed by atoms with Gasteiger partial charge in [0, 0.05) is 22.5 Å². The van der Waals surface area contributed by atoms with Crippen LogP contribution < -0.4 is 5.32 Å².